The number of rotatable bonds is 4. The maximum Gasteiger partial charge on any atom is 0.170 e. The molecule has 0 radical (unpaired) electrons. The molecule has 5 nitrogen and oxygen atoms in total. The van der Waals surface area contributed by atoms with Crippen LogP contribution in [0.15, 0.2) is 53.2 Å². The molecule has 0 saturated heterocycles. The van der Waals surface area contributed by atoms with Crippen LogP contribution < -0.4 is 11.5 Å². The van der Waals surface area contributed by atoms with Gasteiger partial charge in [0.2, 0.25) is 0 Å². The fraction of sp³-hybridized carbons (Fsp3) is 0.125. The summed E-state index contributed by atoms with van der Waals surface area (Å²) in [4.78, 5) is 4.05. The predicted octanol–water partition coefficient (Wildman–Crippen LogP) is 2.37. The van der Waals surface area contributed by atoms with E-state index in [9.17, 15) is 0 Å². The normalized spacial score (nSPS) is 10.7. The summed E-state index contributed by atoms with van der Waals surface area (Å²) in [6.07, 6.45) is 2.35. The van der Waals surface area contributed by atoms with Crippen LogP contribution in [0.3, 0.4) is 0 Å². The minimum absolute atomic E-state index is 0.437. The average molecular weight is 280 g/mol. The molecule has 5 heteroatoms. The van der Waals surface area contributed by atoms with Gasteiger partial charge in [0.05, 0.1) is 11.3 Å². The number of nitrogens with two attached hydrogens (primary N) is 2. The second kappa shape index (κ2) is 5.76. The second-order valence-corrected chi connectivity index (χ2v) is 4.82. The van der Waals surface area contributed by atoms with Crippen molar-refractivity contribution >= 4 is 5.82 Å². The molecule has 3 aromatic rings. The monoisotopic (exact) mass is 280 g/mol. The molecule has 2 heterocycles. The number of pyridine rings is 1. The Labute approximate surface area is 122 Å². The summed E-state index contributed by atoms with van der Waals surface area (Å²) in [5, 5.41) is 4.09. The Morgan fingerprint density at radius 3 is 2.52 bits per heavy atom. The lowest BCUT2D eigenvalue weighted by atomic mass is 10.1. The van der Waals surface area contributed by atoms with Crippen LogP contribution in [0.25, 0.3) is 11.3 Å². The maximum absolute atomic E-state index is 5.84. The van der Waals surface area contributed by atoms with Gasteiger partial charge in [-0.1, -0.05) is 29.4 Å². The molecule has 0 amide bonds. The highest BCUT2D eigenvalue weighted by Gasteiger charge is 2.10. The third-order valence-corrected chi connectivity index (χ3v) is 3.31. The highest BCUT2D eigenvalue weighted by atomic mass is 16.5. The summed E-state index contributed by atoms with van der Waals surface area (Å²) < 4.78 is 5.36. The van der Waals surface area contributed by atoms with Crippen LogP contribution in [0.1, 0.15) is 16.8 Å². The zero-order valence-electron chi connectivity index (χ0n) is 11.5. The molecule has 0 saturated carbocycles. The Bertz CT molecular complexity index is 734. The van der Waals surface area contributed by atoms with E-state index in [0.29, 0.717) is 24.5 Å². The molecule has 0 aliphatic heterocycles. The Morgan fingerprint density at radius 1 is 1.05 bits per heavy atom. The van der Waals surface area contributed by atoms with Gasteiger partial charge in [0.25, 0.3) is 0 Å². The van der Waals surface area contributed by atoms with Gasteiger partial charge in [0, 0.05) is 25.2 Å². The topological polar surface area (TPSA) is 91.0 Å². The van der Waals surface area contributed by atoms with Crippen molar-refractivity contribution < 1.29 is 4.52 Å². The number of aromatic nitrogens is 2. The number of benzene rings is 1. The molecule has 106 valence electrons. The van der Waals surface area contributed by atoms with Gasteiger partial charge in [-0.25, -0.2) is 4.98 Å². The predicted molar refractivity (Wildman–Crippen MR) is 81.3 cm³/mol. The van der Waals surface area contributed by atoms with Gasteiger partial charge in [0.1, 0.15) is 5.82 Å². The minimum atomic E-state index is 0.437. The summed E-state index contributed by atoms with van der Waals surface area (Å²) in [6, 6.07) is 13.7. The van der Waals surface area contributed by atoms with E-state index in [1.807, 2.05) is 30.3 Å². The quantitative estimate of drug-likeness (QED) is 0.765. The fourth-order valence-corrected chi connectivity index (χ4v) is 2.15. The van der Waals surface area contributed by atoms with E-state index in [-0.39, 0.29) is 0 Å². The van der Waals surface area contributed by atoms with Crippen molar-refractivity contribution in [3.8, 4) is 11.3 Å². The highest BCUT2D eigenvalue weighted by Crippen LogP contribution is 2.25. The molecule has 21 heavy (non-hydrogen) atoms. The Hall–Kier alpha value is -2.66. The first kappa shape index (κ1) is 13.3. The van der Waals surface area contributed by atoms with Crippen LogP contribution in [0.4, 0.5) is 5.82 Å². The van der Waals surface area contributed by atoms with E-state index in [0.717, 1.165) is 22.4 Å². The molecule has 1 aromatic carbocycles. The average Bonchev–Trinajstić information content (AvgIpc) is 2.97. The maximum atomic E-state index is 5.84. The lowest BCUT2D eigenvalue weighted by Gasteiger charge is -2.00. The second-order valence-electron chi connectivity index (χ2n) is 4.82. The van der Waals surface area contributed by atoms with Crippen LogP contribution in [-0.2, 0) is 13.0 Å². The van der Waals surface area contributed by atoms with Crippen molar-refractivity contribution in [3.05, 3.63) is 65.5 Å². The molecule has 0 atom stereocenters. The summed E-state index contributed by atoms with van der Waals surface area (Å²) >= 11 is 0. The first-order valence-corrected chi connectivity index (χ1v) is 6.70. The SMILES string of the molecule is NCc1ccc(Cc2cc(-c3cccnc3N)on2)cc1. The molecule has 0 bridgehead atoms. The summed E-state index contributed by atoms with van der Waals surface area (Å²) in [5.74, 6) is 1.07. The number of nitrogen functional groups attached to an aromatic ring is 1. The molecular weight excluding hydrogens is 264 g/mol. The van der Waals surface area contributed by atoms with Crippen LogP contribution in [0.2, 0.25) is 0 Å². The van der Waals surface area contributed by atoms with Crippen LogP contribution >= 0.6 is 0 Å². The molecule has 3 rings (SSSR count). The number of hydrogen-bond acceptors (Lipinski definition) is 5. The van der Waals surface area contributed by atoms with Gasteiger partial charge in [-0.2, -0.15) is 0 Å². The van der Waals surface area contributed by atoms with E-state index in [1.54, 1.807) is 6.20 Å². The Balaban J connectivity index is 1.80. The fourth-order valence-electron chi connectivity index (χ4n) is 2.15. The van der Waals surface area contributed by atoms with Crippen molar-refractivity contribution in [1.82, 2.24) is 10.1 Å². The molecule has 0 aliphatic rings. The smallest absolute Gasteiger partial charge is 0.170 e. The van der Waals surface area contributed by atoms with Crippen molar-refractivity contribution in [2.75, 3.05) is 5.73 Å². The lowest BCUT2D eigenvalue weighted by Crippen LogP contribution is -1.96. The minimum Gasteiger partial charge on any atom is -0.383 e. The summed E-state index contributed by atoms with van der Waals surface area (Å²) in [7, 11) is 0. The van der Waals surface area contributed by atoms with E-state index in [4.69, 9.17) is 16.0 Å². The zero-order valence-corrected chi connectivity index (χ0v) is 11.5. The first-order chi connectivity index (χ1) is 10.3. The van der Waals surface area contributed by atoms with Gasteiger partial charge >= 0.3 is 0 Å². The largest absolute Gasteiger partial charge is 0.383 e. The summed E-state index contributed by atoms with van der Waals surface area (Å²) in [5.41, 5.74) is 15.3. The number of nitrogens with zero attached hydrogens (tertiary/aromatic N) is 2. The van der Waals surface area contributed by atoms with Gasteiger partial charge < -0.3 is 16.0 Å². The molecule has 0 aliphatic carbocycles. The zero-order chi connectivity index (χ0) is 14.7. The third-order valence-electron chi connectivity index (χ3n) is 3.31. The van der Waals surface area contributed by atoms with Gasteiger partial charge in [-0.15, -0.1) is 0 Å². The number of anilines is 1. The molecule has 2 aromatic heterocycles. The first-order valence-electron chi connectivity index (χ1n) is 6.70. The van der Waals surface area contributed by atoms with Crippen molar-refractivity contribution in [2.45, 2.75) is 13.0 Å². The van der Waals surface area contributed by atoms with E-state index < -0.39 is 0 Å². The van der Waals surface area contributed by atoms with Crippen LogP contribution in [0, 0.1) is 0 Å². The van der Waals surface area contributed by atoms with E-state index in [2.05, 4.69) is 22.3 Å². The van der Waals surface area contributed by atoms with Crippen LogP contribution in [0.5, 0.6) is 0 Å². The Morgan fingerprint density at radius 2 is 1.81 bits per heavy atom. The lowest BCUT2D eigenvalue weighted by molar-refractivity contribution is 0.425. The highest BCUT2D eigenvalue weighted by molar-refractivity contribution is 5.69. The Kier molecular flexibility index (Phi) is 3.66. The third kappa shape index (κ3) is 2.93. The van der Waals surface area contributed by atoms with Gasteiger partial charge in [-0.3, -0.25) is 0 Å². The molecular formula is C16H16N4O. The molecule has 0 spiro atoms. The molecule has 4 N–H and O–H groups in total. The van der Waals surface area contributed by atoms with Crippen molar-refractivity contribution in [2.24, 2.45) is 5.73 Å². The molecule has 0 unspecified atom stereocenters. The van der Waals surface area contributed by atoms with Gasteiger partial charge in [0.15, 0.2) is 5.76 Å². The van der Waals surface area contributed by atoms with E-state index >= 15 is 0 Å². The summed E-state index contributed by atoms with van der Waals surface area (Å²) in [6.45, 7) is 0.550. The van der Waals surface area contributed by atoms with E-state index in [1.165, 1.54) is 0 Å². The standard InChI is InChI=1S/C16H16N4O/c17-10-12-5-3-11(4-6-12)8-13-9-15(21-20-13)14-2-1-7-19-16(14)18/h1-7,9H,8,10,17H2,(H2,18,19). The van der Waals surface area contributed by atoms with Gasteiger partial charge in [-0.05, 0) is 23.3 Å². The van der Waals surface area contributed by atoms with Crippen molar-refractivity contribution in [3.63, 3.8) is 0 Å². The number of hydrogen-bond donors (Lipinski definition) is 2. The van der Waals surface area contributed by atoms with Crippen LogP contribution in [-0.4, -0.2) is 10.1 Å². The van der Waals surface area contributed by atoms with Crippen molar-refractivity contribution in [1.29, 1.82) is 0 Å². The molecule has 0 fully saturated rings.